The first-order valence-electron chi connectivity index (χ1n) is 8.38. The zero-order chi connectivity index (χ0) is 17.5. The third kappa shape index (κ3) is 5.38. The van der Waals surface area contributed by atoms with E-state index in [0.717, 1.165) is 48.3 Å². The molecule has 2 aliphatic heterocycles. The minimum atomic E-state index is -0.136. The van der Waals surface area contributed by atoms with E-state index in [0.29, 0.717) is 0 Å². The van der Waals surface area contributed by atoms with Crippen LogP contribution in [0, 0.1) is 5.82 Å². The van der Waals surface area contributed by atoms with E-state index in [4.69, 9.17) is 4.74 Å². The van der Waals surface area contributed by atoms with E-state index < -0.39 is 0 Å². The van der Waals surface area contributed by atoms with Gasteiger partial charge in [0, 0.05) is 47.5 Å². The van der Waals surface area contributed by atoms with Crippen LogP contribution in [-0.2, 0) is 13.1 Å². The molecule has 2 aromatic carbocycles. The summed E-state index contributed by atoms with van der Waals surface area (Å²) in [5.74, 6) is 2.98. The maximum Gasteiger partial charge on any atom is 0.124 e. The highest BCUT2D eigenvalue weighted by Crippen LogP contribution is 2.28. The molecule has 0 saturated heterocycles. The van der Waals surface area contributed by atoms with Crippen LogP contribution in [-0.4, -0.2) is 31.7 Å². The molecular formula is C19H23FN2OS2. The molecule has 2 heterocycles. The summed E-state index contributed by atoms with van der Waals surface area (Å²) >= 11 is 3.62. The number of halogens is 1. The Morgan fingerprint density at radius 1 is 0.880 bits per heavy atom. The number of methoxy groups -OCH3 is 1. The van der Waals surface area contributed by atoms with E-state index in [1.807, 2.05) is 23.9 Å². The molecule has 0 radical (unpaired) electrons. The van der Waals surface area contributed by atoms with Crippen molar-refractivity contribution in [3.63, 3.8) is 0 Å². The van der Waals surface area contributed by atoms with Crippen LogP contribution >= 0.6 is 23.5 Å². The van der Waals surface area contributed by atoms with Crippen molar-refractivity contribution in [1.82, 2.24) is 10.6 Å². The van der Waals surface area contributed by atoms with Gasteiger partial charge in [-0.25, -0.2) is 4.39 Å². The molecule has 0 fully saturated rings. The topological polar surface area (TPSA) is 33.3 Å². The molecule has 6 heteroatoms. The van der Waals surface area contributed by atoms with Gasteiger partial charge in [0.1, 0.15) is 11.6 Å². The van der Waals surface area contributed by atoms with Gasteiger partial charge in [-0.3, -0.25) is 0 Å². The van der Waals surface area contributed by atoms with Crippen molar-refractivity contribution in [2.45, 2.75) is 22.9 Å². The lowest BCUT2D eigenvalue weighted by Gasteiger charge is -2.06. The molecule has 134 valence electrons. The number of benzene rings is 2. The van der Waals surface area contributed by atoms with Crippen LogP contribution in [0.25, 0.3) is 0 Å². The fourth-order valence-corrected chi connectivity index (χ4v) is 4.64. The van der Waals surface area contributed by atoms with Gasteiger partial charge in [0.05, 0.1) is 7.11 Å². The van der Waals surface area contributed by atoms with Crippen LogP contribution in [0.4, 0.5) is 4.39 Å². The fraction of sp³-hybridized carbons (Fsp3) is 0.368. The smallest absolute Gasteiger partial charge is 0.124 e. The molecule has 0 bridgehead atoms. The third-order valence-corrected chi connectivity index (χ3v) is 6.21. The number of fused-ring (bicyclic) bond motifs is 2. The van der Waals surface area contributed by atoms with Gasteiger partial charge in [0.15, 0.2) is 0 Å². The van der Waals surface area contributed by atoms with Crippen molar-refractivity contribution in [2.24, 2.45) is 0 Å². The van der Waals surface area contributed by atoms with Gasteiger partial charge in [0.25, 0.3) is 0 Å². The van der Waals surface area contributed by atoms with Crippen LogP contribution < -0.4 is 15.4 Å². The Labute approximate surface area is 157 Å². The predicted molar refractivity (Wildman–Crippen MR) is 104 cm³/mol. The monoisotopic (exact) mass is 378 g/mol. The summed E-state index contributed by atoms with van der Waals surface area (Å²) in [4.78, 5) is 2.43. The number of hydrogen-bond acceptors (Lipinski definition) is 5. The summed E-state index contributed by atoms with van der Waals surface area (Å²) in [5.41, 5.74) is 2.59. The second kappa shape index (κ2) is 9.48. The van der Waals surface area contributed by atoms with Crippen molar-refractivity contribution in [2.75, 3.05) is 31.7 Å². The molecule has 0 saturated carbocycles. The molecule has 0 spiro atoms. The van der Waals surface area contributed by atoms with E-state index in [2.05, 4.69) is 22.8 Å². The van der Waals surface area contributed by atoms with Crippen molar-refractivity contribution in [3.05, 3.63) is 53.3 Å². The Kier molecular flexibility index (Phi) is 7.04. The highest BCUT2D eigenvalue weighted by atomic mass is 32.2. The molecule has 0 aliphatic carbocycles. The summed E-state index contributed by atoms with van der Waals surface area (Å²) in [7, 11) is 1.71. The van der Waals surface area contributed by atoms with Gasteiger partial charge in [-0.15, -0.1) is 23.5 Å². The fourth-order valence-electron chi connectivity index (χ4n) is 2.66. The van der Waals surface area contributed by atoms with Gasteiger partial charge in [-0.05, 0) is 35.4 Å². The number of ether oxygens (including phenoxy) is 1. The Morgan fingerprint density at radius 3 is 2.12 bits per heavy atom. The molecule has 2 aromatic rings. The molecule has 0 aromatic heterocycles. The average Bonchev–Trinajstić information content (AvgIpc) is 3.01. The lowest BCUT2D eigenvalue weighted by atomic mass is 10.2. The first-order valence-corrected chi connectivity index (χ1v) is 10.4. The molecule has 0 amide bonds. The highest BCUT2D eigenvalue weighted by Gasteiger charge is 2.08. The lowest BCUT2D eigenvalue weighted by Crippen LogP contribution is -2.13. The molecule has 2 aliphatic rings. The molecule has 3 nitrogen and oxygen atoms in total. The Bertz CT molecular complexity index is 712. The predicted octanol–water partition coefficient (Wildman–Crippen LogP) is 3.91. The number of thioether (sulfide) groups is 2. The van der Waals surface area contributed by atoms with Crippen LogP contribution in [0.2, 0.25) is 0 Å². The Hall–Kier alpha value is -1.21. The molecule has 4 rings (SSSR count). The maximum absolute atomic E-state index is 12.8. The number of hydrogen-bond donors (Lipinski definition) is 2. The Morgan fingerprint density at radius 2 is 1.48 bits per heavy atom. The van der Waals surface area contributed by atoms with Gasteiger partial charge >= 0.3 is 0 Å². The quantitative estimate of drug-likeness (QED) is 0.786. The normalized spacial score (nSPS) is 16.4. The van der Waals surface area contributed by atoms with Crippen molar-refractivity contribution in [1.29, 1.82) is 0 Å². The highest BCUT2D eigenvalue weighted by molar-refractivity contribution is 7.99. The van der Waals surface area contributed by atoms with Gasteiger partial charge in [-0.1, -0.05) is 12.1 Å². The van der Waals surface area contributed by atoms with Crippen LogP contribution in [0.3, 0.4) is 0 Å². The second-order valence-electron chi connectivity index (χ2n) is 5.78. The minimum Gasteiger partial charge on any atom is -0.497 e. The van der Waals surface area contributed by atoms with Gasteiger partial charge in [-0.2, -0.15) is 0 Å². The molecular weight excluding hydrogens is 355 g/mol. The van der Waals surface area contributed by atoms with Crippen LogP contribution in [0.1, 0.15) is 11.1 Å². The van der Waals surface area contributed by atoms with Crippen LogP contribution in [0.5, 0.6) is 5.75 Å². The molecule has 0 atom stereocenters. The third-order valence-electron chi connectivity index (χ3n) is 4.01. The Balaban J connectivity index is 0.000000146. The van der Waals surface area contributed by atoms with E-state index in [1.54, 1.807) is 24.9 Å². The zero-order valence-electron chi connectivity index (χ0n) is 14.3. The summed E-state index contributed by atoms with van der Waals surface area (Å²) in [6.07, 6.45) is 0. The molecule has 25 heavy (non-hydrogen) atoms. The van der Waals surface area contributed by atoms with Crippen LogP contribution in [0.15, 0.2) is 46.2 Å². The van der Waals surface area contributed by atoms with Gasteiger partial charge < -0.3 is 15.4 Å². The lowest BCUT2D eigenvalue weighted by molar-refractivity contribution is 0.413. The van der Waals surface area contributed by atoms with E-state index >= 15 is 0 Å². The molecule has 2 N–H and O–H groups in total. The SMILES string of the molecule is COc1ccc2c(c1)SCCNC2.Fc1ccc2c(c1)SCCNC2. The first-order chi connectivity index (χ1) is 12.3. The van der Waals surface area contributed by atoms with E-state index in [9.17, 15) is 4.39 Å². The zero-order valence-corrected chi connectivity index (χ0v) is 15.9. The van der Waals surface area contributed by atoms with Crippen molar-refractivity contribution in [3.8, 4) is 5.75 Å². The second-order valence-corrected chi connectivity index (χ2v) is 8.05. The molecule has 0 unspecified atom stereocenters. The summed E-state index contributed by atoms with van der Waals surface area (Å²) in [5, 5.41) is 6.66. The first kappa shape index (κ1) is 18.6. The number of nitrogens with one attached hydrogen (secondary N) is 2. The summed E-state index contributed by atoms with van der Waals surface area (Å²) in [6.45, 7) is 3.93. The van der Waals surface area contributed by atoms with E-state index in [-0.39, 0.29) is 5.82 Å². The minimum absolute atomic E-state index is 0.136. The van der Waals surface area contributed by atoms with Crippen molar-refractivity contribution >= 4 is 23.5 Å². The maximum atomic E-state index is 12.8. The van der Waals surface area contributed by atoms with Gasteiger partial charge in [0.2, 0.25) is 0 Å². The van der Waals surface area contributed by atoms with E-state index in [1.165, 1.54) is 22.1 Å². The average molecular weight is 379 g/mol. The number of rotatable bonds is 1. The van der Waals surface area contributed by atoms with Crippen molar-refractivity contribution < 1.29 is 9.13 Å². The summed E-state index contributed by atoms with van der Waals surface area (Å²) < 4.78 is 18.0. The standard InChI is InChI=1S/C10H13NOS.C9H10FNS/c1-12-9-3-2-8-7-11-4-5-13-10(8)6-9;10-8-2-1-7-6-11-3-4-12-9(7)5-8/h2-3,6,11H,4-5,7H2,1H3;1-2,5,11H,3-4,6H2. The summed E-state index contributed by atoms with van der Waals surface area (Å²) in [6, 6.07) is 11.3. The largest absolute Gasteiger partial charge is 0.497 e.